The Kier molecular flexibility index (Phi) is 7.44. The SMILES string of the molecule is COC(=O)c1ccc(OC[C@@H]2C[C@H](F)CN2C(=O)Cc2ccc3nc(Nc4cc(F)ccc4C)oc3c2)cc1. The molecule has 0 unspecified atom stereocenters. The second kappa shape index (κ2) is 11.1. The summed E-state index contributed by atoms with van der Waals surface area (Å²) in [5.41, 5.74) is 3.51. The zero-order valence-electron chi connectivity index (χ0n) is 21.4. The van der Waals surface area contributed by atoms with Crippen molar-refractivity contribution < 1.29 is 32.3 Å². The van der Waals surface area contributed by atoms with Gasteiger partial charge in [-0.05, 0) is 66.6 Å². The molecule has 0 bridgehead atoms. The molecule has 0 spiro atoms. The number of nitrogens with one attached hydrogen (secondary N) is 1. The van der Waals surface area contributed by atoms with E-state index >= 15 is 0 Å². The lowest BCUT2D eigenvalue weighted by molar-refractivity contribution is -0.132. The number of hydrogen-bond acceptors (Lipinski definition) is 7. The number of carbonyl (C=O) groups excluding carboxylic acids is 2. The van der Waals surface area contributed by atoms with Gasteiger partial charge in [0.05, 0.1) is 31.7 Å². The Balaban J connectivity index is 1.23. The number of likely N-dealkylation sites (tertiary alicyclic amines) is 1. The molecule has 0 radical (unpaired) electrons. The number of ether oxygens (including phenoxy) is 2. The third-order valence-electron chi connectivity index (χ3n) is 6.65. The molecule has 39 heavy (non-hydrogen) atoms. The summed E-state index contributed by atoms with van der Waals surface area (Å²) < 4.78 is 44.2. The zero-order valence-corrected chi connectivity index (χ0v) is 21.4. The number of nitrogens with zero attached hydrogens (tertiary/aromatic N) is 2. The first-order chi connectivity index (χ1) is 18.8. The lowest BCUT2D eigenvalue weighted by Gasteiger charge is -2.24. The third-order valence-corrected chi connectivity index (χ3v) is 6.65. The summed E-state index contributed by atoms with van der Waals surface area (Å²) in [6.07, 6.45) is -0.901. The Bertz CT molecular complexity index is 1500. The summed E-state index contributed by atoms with van der Waals surface area (Å²) in [5.74, 6) is -0.548. The van der Waals surface area contributed by atoms with Gasteiger partial charge in [0, 0.05) is 12.1 Å². The molecule has 0 saturated carbocycles. The van der Waals surface area contributed by atoms with Crippen LogP contribution in [-0.4, -0.2) is 54.2 Å². The molecule has 1 amide bonds. The van der Waals surface area contributed by atoms with Gasteiger partial charge in [0.2, 0.25) is 5.91 Å². The van der Waals surface area contributed by atoms with Gasteiger partial charge >= 0.3 is 5.97 Å². The van der Waals surface area contributed by atoms with Crippen LogP contribution in [0.5, 0.6) is 5.75 Å². The number of alkyl halides is 1. The summed E-state index contributed by atoms with van der Waals surface area (Å²) in [4.78, 5) is 30.6. The van der Waals surface area contributed by atoms with Crippen molar-refractivity contribution in [2.24, 2.45) is 0 Å². The Labute approximate surface area is 223 Å². The molecule has 0 aliphatic carbocycles. The Morgan fingerprint density at radius 1 is 1.13 bits per heavy atom. The molecule has 1 fully saturated rings. The van der Waals surface area contributed by atoms with E-state index in [1.807, 2.05) is 6.92 Å². The largest absolute Gasteiger partial charge is 0.491 e. The highest BCUT2D eigenvalue weighted by Gasteiger charge is 2.35. The maximum absolute atomic E-state index is 14.3. The quantitative estimate of drug-likeness (QED) is 0.303. The average molecular weight is 536 g/mol. The zero-order chi connectivity index (χ0) is 27.5. The molecule has 1 aliphatic rings. The van der Waals surface area contributed by atoms with Crippen LogP contribution in [0.3, 0.4) is 0 Å². The summed E-state index contributed by atoms with van der Waals surface area (Å²) in [5, 5.41) is 2.99. The molecular formula is C29H27F2N3O5. The summed E-state index contributed by atoms with van der Waals surface area (Å²) in [7, 11) is 1.31. The van der Waals surface area contributed by atoms with E-state index in [9.17, 15) is 18.4 Å². The predicted octanol–water partition coefficient (Wildman–Crippen LogP) is 5.37. The second-order valence-corrected chi connectivity index (χ2v) is 9.44. The van der Waals surface area contributed by atoms with Crippen molar-refractivity contribution in [2.75, 3.05) is 25.6 Å². The Hall–Kier alpha value is -4.47. The molecule has 1 saturated heterocycles. The number of anilines is 2. The fourth-order valence-electron chi connectivity index (χ4n) is 4.57. The van der Waals surface area contributed by atoms with Crippen LogP contribution in [0.25, 0.3) is 11.1 Å². The molecule has 1 aliphatic heterocycles. The summed E-state index contributed by atoms with van der Waals surface area (Å²) in [6, 6.07) is 15.8. The minimum absolute atomic E-state index is 0.000253. The van der Waals surface area contributed by atoms with Gasteiger partial charge in [-0.3, -0.25) is 4.79 Å². The molecule has 8 nitrogen and oxygen atoms in total. The van der Waals surface area contributed by atoms with Crippen LogP contribution in [0.4, 0.5) is 20.5 Å². The molecule has 2 heterocycles. The number of rotatable bonds is 8. The van der Waals surface area contributed by atoms with Gasteiger partial charge in [-0.25, -0.2) is 13.6 Å². The smallest absolute Gasteiger partial charge is 0.337 e. The highest BCUT2D eigenvalue weighted by atomic mass is 19.1. The van der Waals surface area contributed by atoms with Crippen molar-refractivity contribution in [3.05, 3.63) is 83.2 Å². The standard InChI is InChI=1S/C29H27F2N3O5/c1-17-3-7-20(30)14-25(17)33-29-32-24-10-4-18(11-26(24)39-29)12-27(35)34-15-21(31)13-22(34)16-38-23-8-5-19(6-9-23)28(36)37-2/h3-11,14,21-22H,12-13,15-16H2,1-2H3,(H,32,33)/t21-,22-/m0/s1. The van der Waals surface area contributed by atoms with Gasteiger partial charge in [0.1, 0.15) is 29.9 Å². The van der Waals surface area contributed by atoms with E-state index in [0.717, 1.165) is 5.56 Å². The number of halogens is 2. The van der Waals surface area contributed by atoms with Crippen LogP contribution < -0.4 is 10.1 Å². The minimum Gasteiger partial charge on any atom is -0.491 e. The highest BCUT2D eigenvalue weighted by molar-refractivity contribution is 5.89. The van der Waals surface area contributed by atoms with Crippen LogP contribution in [0, 0.1) is 12.7 Å². The lowest BCUT2D eigenvalue weighted by Crippen LogP contribution is -2.40. The number of amides is 1. The number of carbonyl (C=O) groups is 2. The van der Waals surface area contributed by atoms with Gasteiger partial charge < -0.3 is 24.1 Å². The fourth-order valence-corrected chi connectivity index (χ4v) is 4.57. The van der Waals surface area contributed by atoms with Crippen molar-refractivity contribution in [1.29, 1.82) is 0 Å². The van der Waals surface area contributed by atoms with Crippen LogP contribution in [0.2, 0.25) is 0 Å². The van der Waals surface area contributed by atoms with E-state index in [4.69, 9.17) is 9.15 Å². The molecule has 4 aromatic rings. The van der Waals surface area contributed by atoms with E-state index in [-0.39, 0.29) is 43.7 Å². The van der Waals surface area contributed by atoms with Crippen LogP contribution in [0.15, 0.2) is 65.1 Å². The molecule has 10 heteroatoms. The summed E-state index contributed by atoms with van der Waals surface area (Å²) in [6.45, 7) is 1.96. The number of methoxy groups -OCH3 is 1. The monoisotopic (exact) mass is 535 g/mol. The summed E-state index contributed by atoms with van der Waals surface area (Å²) >= 11 is 0. The molecule has 5 rings (SSSR count). The van der Waals surface area contributed by atoms with Crippen molar-refractivity contribution in [2.45, 2.75) is 32.0 Å². The van der Waals surface area contributed by atoms with Crippen molar-refractivity contribution in [3.8, 4) is 5.75 Å². The predicted molar refractivity (Wildman–Crippen MR) is 140 cm³/mol. The van der Waals surface area contributed by atoms with E-state index in [2.05, 4.69) is 15.0 Å². The molecule has 2 atom stereocenters. The van der Waals surface area contributed by atoms with Gasteiger partial charge in [-0.15, -0.1) is 0 Å². The number of oxazole rings is 1. The van der Waals surface area contributed by atoms with Gasteiger partial charge in [0.15, 0.2) is 5.58 Å². The first-order valence-corrected chi connectivity index (χ1v) is 12.5. The van der Waals surface area contributed by atoms with Gasteiger partial charge in [-0.2, -0.15) is 4.98 Å². The number of benzene rings is 3. The van der Waals surface area contributed by atoms with Crippen LogP contribution in [-0.2, 0) is 16.0 Å². The second-order valence-electron chi connectivity index (χ2n) is 9.44. The molecule has 1 N–H and O–H groups in total. The number of aromatic nitrogens is 1. The maximum Gasteiger partial charge on any atom is 0.337 e. The first kappa shape index (κ1) is 26.1. The third kappa shape index (κ3) is 6.00. The average Bonchev–Trinajstić information content (AvgIpc) is 3.51. The minimum atomic E-state index is -1.14. The normalized spacial score (nSPS) is 16.9. The van der Waals surface area contributed by atoms with Crippen LogP contribution in [0.1, 0.15) is 27.9 Å². The molecular weight excluding hydrogens is 508 g/mol. The van der Waals surface area contributed by atoms with Gasteiger partial charge in [0.25, 0.3) is 6.01 Å². The lowest BCUT2D eigenvalue weighted by atomic mass is 10.1. The molecule has 3 aromatic carbocycles. The van der Waals surface area contributed by atoms with Crippen molar-refractivity contribution in [3.63, 3.8) is 0 Å². The van der Waals surface area contributed by atoms with E-state index in [1.165, 1.54) is 24.1 Å². The number of fused-ring (bicyclic) bond motifs is 1. The highest BCUT2D eigenvalue weighted by Crippen LogP contribution is 2.27. The van der Waals surface area contributed by atoms with Crippen molar-refractivity contribution >= 4 is 34.7 Å². The maximum atomic E-state index is 14.3. The Morgan fingerprint density at radius 3 is 2.69 bits per heavy atom. The van der Waals surface area contributed by atoms with E-state index < -0.39 is 18.2 Å². The Morgan fingerprint density at radius 2 is 1.92 bits per heavy atom. The molecule has 202 valence electrons. The molecule has 1 aromatic heterocycles. The topological polar surface area (TPSA) is 93.9 Å². The number of esters is 1. The fraction of sp³-hybridized carbons (Fsp3) is 0.276. The number of aryl methyl sites for hydroxylation is 1. The van der Waals surface area contributed by atoms with Gasteiger partial charge in [-0.1, -0.05) is 12.1 Å². The van der Waals surface area contributed by atoms with E-state index in [1.54, 1.807) is 48.5 Å². The number of hydrogen-bond donors (Lipinski definition) is 1. The first-order valence-electron chi connectivity index (χ1n) is 12.5. The van der Waals surface area contributed by atoms with Crippen molar-refractivity contribution in [1.82, 2.24) is 9.88 Å². The van der Waals surface area contributed by atoms with E-state index in [0.29, 0.717) is 33.7 Å². The van der Waals surface area contributed by atoms with Crippen LogP contribution >= 0.6 is 0 Å².